The standard InChI is InChI=1S/C30H40N4O3/c1-37-29(36)19-24(25-18-23-5-2-3-7-27(23)32-20-25)17-21-12-15-34(16-13-21)28(35)11-10-26-9-8-22-6-4-14-31-30(22)33-26/h2-3,5,7-9,21,24-25,32H,4,6,10-20H2,1H3,(H,31,33)/t24-,25?/m0/s1. The number of anilines is 2. The summed E-state index contributed by atoms with van der Waals surface area (Å²) in [5.74, 6) is 2.32. The summed E-state index contributed by atoms with van der Waals surface area (Å²) >= 11 is 0. The number of rotatable bonds is 8. The number of benzene rings is 1. The van der Waals surface area contributed by atoms with Crippen LogP contribution < -0.4 is 10.6 Å². The SMILES string of the molecule is COC(=O)C[C@H](CC1CCN(C(=O)CCc2ccc3c(n2)NCCC3)CC1)C1CNc2ccccc2C1. The Morgan fingerprint density at radius 2 is 1.95 bits per heavy atom. The van der Waals surface area contributed by atoms with Crippen molar-refractivity contribution in [1.82, 2.24) is 9.88 Å². The molecule has 2 aromatic rings. The van der Waals surface area contributed by atoms with E-state index in [1.54, 1.807) is 0 Å². The van der Waals surface area contributed by atoms with Gasteiger partial charge >= 0.3 is 5.97 Å². The predicted octanol–water partition coefficient (Wildman–Crippen LogP) is 4.46. The number of fused-ring (bicyclic) bond motifs is 2. The quantitative estimate of drug-likeness (QED) is 0.517. The number of likely N-dealkylation sites (tertiary alicyclic amines) is 1. The molecule has 3 aliphatic rings. The van der Waals surface area contributed by atoms with Crippen LogP contribution in [0.15, 0.2) is 36.4 Å². The molecular formula is C30H40N4O3. The molecular weight excluding hydrogens is 464 g/mol. The molecule has 1 aromatic carbocycles. The summed E-state index contributed by atoms with van der Waals surface area (Å²) in [6, 6.07) is 12.7. The number of piperidine rings is 1. The molecule has 4 heterocycles. The third kappa shape index (κ3) is 6.43. The van der Waals surface area contributed by atoms with Gasteiger partial charge in [0.15, 0.2) is 0 Å². The summed E-state index contributed by atoms with van der Waals surface area (Å²) in [4.78, 5) is 32.0. The summed E-state index contributed by atoms with van der Waals surface area (Å²) < 4.78 is 5.05. The zero-order chi connectivity index (χ0) is 25.6. The molecule has 1 saturated heterocycles. The van der Waals surface area contributed by atoms with Crippen molar-refractivity contribution in [2.45, 2.75) is 57.8 Å². The van der Waals surface area contributed by atoms with Gasteiger partial charge in [0.1, 0.15) is 5.82 Å². The number of para-hydroxylation sites is 1. The summed E-state index contributed by atoms with van der Waals surface area (Å²) in [5, 5.41) is 6.95. The van der Waals surface area contributed by atoms with E-state index in [1.807, 2.05) is 4.90 Å². The Kier molecular flexibility index (Phi) is 8.27. The molecule has 0 bridgehead atoms. The van der Waals surface area contributed by atoms with Gasteiger partial charge in [0, 0.05) is 50.4 Å². The number of aryl methyl sites for hydroxylation is 2. The second-order valence-electron chi connectivity index (χ2n) is 10.9. The number of nitrogens with one attached hydrogen (secondary N) is 2. The third-order valence-electron chi connectivity index (χ3n) is 8.53. The van der Waals surface area contributed by atoms with Gasteiger partial charge in [-0.05, 0) is 86.0 Å². The number of hydrogen-bond acceptors (Lipinski definition) is 6. The smallest absolute Gasteiger partial charge is 0.305 e. The second kappa shape index (κ2) is 12.0. The Hall–Kier alpha value is -3.09. The van der Waals surface area contributed by atoms with Crippen LogP contribution in [0.1, 0.15) is 55.3 Å². The maximum Gasteiger partial charge on any atom is 0.305 e. The molecule has 37 heavy (non-hydrogen) atoms. The van der Waals surface area contributed by atoms with Crippen molar-refractivity contribution in [3.63, 3.8) is 0 Å². The molecule has 0 spiro atoms. The molecule has 2 N–H and O–H groups in total. The first-order valence-electron chi connectivity index (χ1n) is 14.0. The highest BCUT2D eigenvalue weighted by Gasteiger charge is 2.32. The number of pyridine rings is 1. The van der Waals surface area contributed by atoms with Gasteiger partial charge in [-0.2, -0.15) is 0 Å². The molecule has 2 atom stereocenters. The van der Waals surface area contributed by atoms with Gasteiger partial charge in [-0.3, -0.25) is 9.59 Å². The molecule has 5 rings (SSSR count). The monoisotopic (exact) mass is 504 g/mol. The maximum atomic E-state index is 13.0. The number of carbonyl (C=O) groups is 2. The van der Waals surface area contributed by atoms with Crippen molar-refractivity contribution in [3.8, 4) is 0 Å². The summed E-state index contributed by atoms with van der Waals surface area (Å²) in [6.07, 6.45) is 7.90. The van der Waals surface area contributed by atoms with Crippen LogP contribution in [0.5, 0.6) is 0 Å². The van der Waals surface area contributed by atoms with Crippen LogP contribution in [0.3, 0.4) is 0 Å². The third-order valence-corrected chi connectivity index (χ3v) is 8.53. The van der Waals surface area contributed by atoms with E-state index in [1.165, 1.54) is 23.9 Å². The van der Waals surface area contributed by atoms with Gasteiger partial charge in [-0.1, -0.05) is 24.3 Å². The fraction of sp³-hybridized carbons (Fsp3) is 0.567. The van der Waals surface area contributed by atoms with Gasteiger partial charge in [0.2, 0.25) is 5.91 Å². The Labute approximate surface area is 220 Å². The number of aromatic nitrogens is 1. The van der Waals surface area contributed by atoms with E-state index in [0.717, 1.165) is 76.2 Å². The van der Waals surface area contributed by atoms with Gasteiger partial charge in [0.25, 0.3) is 0 Å². The average Bonchev–Trinajstić information content (AvgIpc) is 2.95. The first-order chi connectivity index (χ1) is 18.1. The fourth-order valence-corrected chi connectivity index (χ4v) is 6.29. The number of methoxy groups -OCH3 is 1. The molecule has 1 aromatic heterocycles. The molecule has 1 amide bonds. The van der Waals surface area contributed by atoms with Crippen LogP contribution in [-0.4, -0.2) is 55.0 Å². The Bertz CT molecular complexity index is 1100. The van der Waals surface area contributed by atoms with Crippen molar-refractivity contribution < 1.29 is 14.3 Å². The zero-order valence-electron chi connectivity index (χ0n) is 22.0. The van der Waals surface area contributed by atoms with E-state index < -0.39 is 0 Å². The predicted molar refractivity (Wildman–Crippen MR) is 146 cm³/mol. The van der Waals surface area contributed by atoms with Gasteiger partial charge in [0.05, 0.1) is 7.11 Å². The Balaban J connectivity index is 1.12. The number of nitrogens with zero attached hydrogens (tertiary/aromatic N) is 2. The summed E-state index contributed by atoms with van der Waals surface area (Å²) in [5.41, 5.74) is 4.81. The first-order valence-corrected chi connectivity index (χ1v) is 14.0. The summed E-state index contributed by atoms with van der Waals surface area (Å²) in [6.45, 7) is 3.48. The number of esters is 1. The molecule has 0 saturated carbocycles. The highest BCUT2D eigenvalue weighted by Crippen LogP contribution is 2.36. The number of ether oxygens (including phenoxy) is 1. The van der Waals surface area contributed by atoms with Crippen LogP contribution >= 0.6 is 0 Å². The molecule has 7 heteroatoms. The molecule has 0 radical (unpaired) electrons. The number of carbonyl (C=O) groups excluding carboxylic acids is 2. The van der Waals surface area contributed by atoms with Crippen LogP contribution in [-0.2, 0) is 33.6 Å². The van der Waals surface area contributed by atoms with Gasteiger partial charge < -0.3 is 20.3 Å². The fourth-order valence-electron chi connectivity index (χ4n) is 6.29. The Morgan fingerprint density at radius 3 is 2.78 bits per heavy atom. The van der Waals surface area contributed by atoms with Crippen LogP contribution in [0.2, 0.25) is 0 Å². The van der Waals surface area contributed by atoms with E-state index >= 15 is 0 Å². The van der Waals surface area contributed by atoms with Crippen LogP contribution in [0, 0.1) is 17.8 Å². The van der Waals surface area contributed by atoms with Crippen LogP contribution in [0.4, 0.5) is 11.5 Å². The zero-order valence-corrected chi connectivity index (χ0v) is 22.0. The lowest BCUT2D eigenvalue weighted by Crippen LogP contribution is -2.40. The highest BCUT2D eigenvalue weighted by atomic mass is 16.5. The lowest BCUT2D eigenvalue weighted by molar-refractivity contribution is -0.142. The lowest BCUT2D eigenvalue weighted by atomic mass is 9.75. The molecule has 1 unspecified atom stereocenters. The first kappa shape index (κ1) is 25.6. The van der Waals surface area contributed by atoms with Crippen molar-refractivity contribution >= 4 is 23.4 Å². The van der Waals surface area contributed by atoms with Crippen molar-refractivity contribution in [1.29, 1.82) is 0 Å². The van der Waals surface area contributed by atoms with Gasteiger partial charge in [-0.25, -0.2) is 4.98 Å². The largest absolute Gasteiger partial charge is 0.469 e. The molecule has 7 nitrogen and oxygen atoms in total. The average molecular weight is 505 g/mol. The minimum absolute atomic E-state index is 0.123. The minimum Gasteiger partial charge on any atom is -0.469 e. The number of amides is 1. The second-order valence-corrected chi connectivity index (χ2v) is 10.9. The normalized spacial score (nSPS) is 20.1. The summed E-state index contributed by atoms with van der Waals surface area (Å²) in [7, 11) is 1.48. The molecule has 0 aliphatic carbocycles. The molecule has 198 valence electrons. The van der Waals surface area contributed by atoms with E-state index in [0.29, 0.717) is 31.1 Å². The van der Waals surface area contributed by atoms with Crippen LogP contribution in [0.25, 0.3) is 0 Å². The Morgan fingerprint density at radius 1 is 1.11 bits per heavy atom. The van der Waals surface area contributed by atoms with E-state index in [9.17, 15) is 9.59 Å². The van der Waals surface area contributed by atoms with Crippen molar-refractivity contribution in [2.75, 3.05) is 43.9 Å². The lowest BCUT2D eigenvalue weighted by Gasteiger charge is -2.37. The molecule has 3 aliphatic heterocycles. The van der Waals surface area contributed by atoms with Crippen molar-refractivity contribution in [3.05, 3.63) is 53.2 Å². The maximum absolute atomic E-state index is 13.0. The van der Waals surface area contributed by atoms with Gasteiger partial charge in [-0.15, -0.1) is 0 Å². The minimum atomic E-state index is -0.123. The van der Waals surface area contributed by atoms with Crippen molar-refractivity contribution in [2.24, 2.45) is 17.8 Å². The number of hydrogen-bond donors (Lipinski definition) is 2. The van der Waals surface area contributed by atoms with E-state index in [4.69, 9.17) is 9.72 Å². The molecule has 1 fully saturated rings. The van der Waals surface area contributed by atoms with E-state index in [2.05, 4.69) is 47.0 Å². The van der Waals surface area contributed by atoms with E-state index in [-0.39, 0.29) is 17.8 Å². The highest BCUT2D eigenvalue weighted by molar-refractivity contribution is 5.76. The topological polar surface area (TPSA) is 83.6 Å².